The van der Waals surface area contributed by atoms with Crippen LogP contribution in [0.1, 0.15) is 38.1 Å². The van der Waals surface area contributed by atoms with Gasteiger partial charge >= 0.3 is 0 Å². The maximum Gasteiger partial charge on any atom is 0.269 e. The van der Waals surface area contributed by atoms with Gasteiger partial charge in [0.2, 0.25) is 26.4 Å². The van der Waals surface area contributed by atoms with E-state index < -0.39 is 37.6 Å². The number of carbonyl (C=O) groups is 1. The van der Waals surface area contributed by atoms with Crippen LogP contribution in [0.2, 0.25) is 0 Å². The lowest BCUT2D eigenvalue weighted by atomic mass is 10.0. The predicted octanol–water partition coefficient (Wildman–Crippen LogP) is 14.2. The summed E-state index contributed by atoms with van der Waals surface area (Å²) < 4.78 is 148. The predicted molar refractivity (Wildman–Crippen MR) is 378 cm³/mol. The summed E-state index contributed by atoms with van der Waals surface area (Å²) in [4.78, 5) is 25.2. The third-order valence-corrected chi connectivity index (χ3v) is 19.6. The molecule has 23 nitrogen and oxygen atoms in total. The molecule has 0 atom stereocenters. The van der Waals surface area contributed by atoms with E-state index in [1.165, 1.54) is 94.7 Å². The van der Waals surface area contributed by atoms with Gasteiger partial charge in [-0.3, -0.25) is 24.2 Å². The number of hydrogen-bond acceptors (Lipinski definition) is 18. The Labute approximate surface area is 576 Å². The topological polar surface area (TPSA) is 286 Å². The first-order chi connectivity index (χ1) is 48.5. The van der Waals surface area contributed by atoms with Crippen LogP contribution >= 0.6 is 0 Å². The van der Waals surface area contributed by atoms with Gasteiger partial charge in [0.25, 0.3) is 11.8 Å². The number of ether oxygens (including phenoxy) is 3. The SMILES string of the molecule is CCN(CC)CC.CCOC=N.CN(c1cc2oc(-c3ccc(F)cc3)c(-c3nnco3)c2cc1-c1ccc2c(n1)-c1cc3c(F)cccc3n1CO2)S(C)(=O)=O.CN(c1cc2oc(-c3ccc(F)cc3)c(C(=O)NN)c2cc1-c1ccc2c(n1)-c1cc3c(F)cccc3n1CO2)S(C)(=O)=O. The van der Waals surface area contributed by atoms with Crippen molar-refractivity contribution in [3.8, 4) is 90.9 Å². The lowest BCUT2D eigenvalue weighted by Crippen LogP contribution is -2.30. The monoisotopic (exact) mass is 1410 g/mol. The van der Waals surface area contributed by atoms with Crippen LogP contribution in [0.5, 0.6) is 11.5 Å². The highest BCUT2D eigenvalue weighted by molar-refractivity contribution is 7.92. The molecule has 0 unspecified atom stereocenters. The summed E-state index contributed by atoms with van der Waals surface area (Å²) >= 11 is 0. The summed E-state index contributed by atoms with van der Waals surface area (Å²) in [6.45, 7) is 12.9. The van der Waals surface area contributed by atoms with E-state index >= 15 is 0 Å². The van der Waals surface area contributed by atoms with Gasteiger partial charge in [-0.25, -0.2) is 50.2 Å². The Morgan fingerprint density at radius 1 is 0.624 bits per heavy atom. The summed E-state index contributed by atoms with van der Waals surface area (Å²) in [6, 6.07) is 37.4. The van der Waals surface area contributed by atoms with Crippen LogP contribution in [-0.2, 0) is 38.2 Å². The standard InChI is InChI=1S/C32H21F2N5O5S.C31H23F2N5O5S.C6H15N.C3H7NO/c1-38(45(2,40)41)25-14-28-21(29(32-37-35-15-42-32)31(44-28)17-6-8-18(33)9-7-17)12-20(25)23-10-11-27-30(36-23)26-13-19-22(34)4-3-5-24(19)39(26)16-43-27;1-37(44(2,40)41)24-14-27-20(28(31(39)36-34)30(43-27)16-6-8-17(32)9-7-16)12-19(24)22-10-11-26-29(35-22)25-13-18-21(33)4-3-5-23(18)38(25)15-42-26;1-4-7(5-2)6-3;1-2-5-3-4/h3-15H,16H2,1-2H3;3-14H,15,34H2,1-2H3,(H,36,39);4-6H2,1-3H3;3-4H,2H2,1H3. The number of fused-ring (bicyclic) bond motifs is 12. The Balaban J connectivity index is 0.000000165. The van der Waals surface area contributed by atoms with E-state index in [9.17, 15) is 39.2 Å². The summed E-state index contributed by atoms with van der Waals surface area (Å²) in [5.74, 6) is 4.79. The van der Waals surface area contributed by atoms with E-state index in [0.29, 0.717) is 124 Å². The van der Waals surface area contributed by atoms with Gasteiger partial charge in [-0.15, -0.1) is 10.2 Å². The van der Waals surface area contributed by atoms with Crippen LogP contribution in [0.15, 0.2) is 165 Å². The Kier molecular flexibility index (Phi) is 19.6. The normalized spacial score (nSPS) is 12.2. The number of anilines is 2. The number of halogens is 4. The first kappa shape index (κ1) is 69.5. The molecule has 0 fully saturated rings. The molecule has 1 amide bonds. The van der Waals surface area contributed by atoms with Crippen molar-refractivity contribution in [2.45, 2.75) is 41.2 Å². The van der Waals surface area contributed by atoms with E-state index in [0.717, 1.165) is 27.5 Å². The van der Waals surface area contributed by atoms with Crippen molar-refractivity contribution in [2.24, 2.45) is 5.84 Å². The van der Waals surface area contributed by atoms with Crippen LogP contribution in [0, 0.1) is 28.7 Å². The quantitative estimate of drug-likeness (QED) is 0.0215. The average Bonchev–Trinajstić information content (AvgIpc) is 1.65. The van der Waals surface area contributed by atoms with Gasteiger partial charge in [0.1, 0.15) is 68.8 Å². The third-order valence-electron chi connectivity index (χ3n) is 17.3. The number of sulfonamides is 2. The fourth-order valence-electron chi connectivity index (χ4n) is 11.9. The van der Waals surface area contributed by atoms with E-state index in [-0.39, 0.29) is 59.3 Å². The molecule has 101 heavy (non-hydrogen) atoms. The number of rotatable bonds is 15. The second kappa shape index (κ2) is 28.4. The van der Waals surface area contributed by atoms with Gasteiger partial charge in [-0.1, -0.05) is 32.9 Å². The number of nitrogen functional groups attached to an aromatic ring is 1. The second-order valence-corrected chi connectivity index (χ2v) is 27.1. The molecule has 9 heterocycles. The molecule has 0 saturated heterocycles. The van der Waals surface area contributed by atoms with Crippen molar-refractivity contribution in [3.05, 3.63) is 181 Å². The number of nitrogens with one attached hydrogen (secondary N) is 2. The maximum atomic E-state index is 14.7. The molecule has 7 aromatic heterocycles. The number of pyridine rings is 2. The Morgan fingerprint density at radius 3 is 1.50 bits per heavy atom. The lowest BCUT2D eigenvalue weighted by molar-refractivity contribution is 0.0955. The molecule has 15 rings (SSSR count). The molecule has 0 bridgehead atoms. The Bertz CT molecular complexity index is 5540. The zero-order valence-electron chi connectivity index (χ0n) is 55.7. The van der Waals surface area contributed by atoms with E-state index in [2.05, 4.69) is 46.0 Å². The zero-order valence-corrected chi connectivity index (χ0v) is 57.3. The lowest BCUT2D eigenvalue weighted by Gasteiger charge is -2.23. The Hall–Kier alpha value is -11.4. The summed E-state index contributed by atoms with van der Waals surface area (Å²) in [5.41, 5.74) is 9.67. The van der Waals surface area contributed by atoms with Crippen molar-refractivity contribution in [1.29, 1.82) is 5.41 Å². The Morgan fingerprint density at radius 2 is 1.09 bits per heavy atom. The van der Waals surface area contributed by atoms with Gasteiger partial charge in [-0.2, -0.15) is 0 Å². The minimum Gasteiger partial charge on any atom is -0.484 e. The van der Waals surface area contributed by atoms with E-state index in [1.54, 1.807) is 89.5 Å². The number of amides is 1. The molecule has 2 aliphatic heterocycles. The first-order valence-electron chi connectivity index (χ1n) is 31.5. The molecular weight excluding hydrogens is 1350 g/mol. The van der Waals surface area contributed by atoms with Gasteiger partial charge in [0.15, 0.2) is 19.9 Å². The highest BCUT2D eigenvalue weighted by Gasteiger charge is 2.32. The minimum atomic E-state index is -3.77. The highest BCUT2D eigenvalue weighted by atomic mass is 32.2. The number of furan rings is 2. The third kappa shape index (κ3) is 13.5. The zero-order chi connectivity index (χ0) is 71.8. The van der Waals surface area contributed by atoms with Crippen LogP contribution < -0.4 is 29.4 Å². The molecule has 0 spiro atoms. The number of hydrazine groups is 1. The summed E-state index contributed by atoms with van der Waals surface area (Å²) in [7, 11) is -4.68. The van der Waals surface area contributed by atoms with Crippen molar-refractivity contribution in [3.63, 3.8) is 0 Å². The number of nitrogens with zero attached hydrogens (tertiary/aromatic N) is 9. The average molecular weight is 1420 g/mol. The summed E-state index contributed by atoms with van der Waals surface area (Å²) in [6.07, 6.45) is 4.27. The van der Waals surface area contributed by atoms with Gasteiger partial charge in [-0.05, 0) is 148 Å². The molecular formula is C72H66F4N12O11S2. The molecule has 0 radical (unpaired) electrons. The first-order valence-corrected chi connectivity index (χ1v) is 35.2. The number of hydrogen-bond donors (Lipinski definition) is 3. The minimum absolute atomic E-state index is 0.0702. The number of carbonyl (C=O) groups excluding carboxylic acids is 1. The van der Waals surface area contributed by atoms with E-state index in [4.69, 9.17) is 43.9 Å². The molecule has 6 aromatic carbocycles. The number of nitrogens with two attached hydrogens (primary N) is 1. The van der Waals surface area contributed by atoms with Gasteiger partial charge in [0.05, 0.1) is 75.4 Å². The van der Waals surface area contributed by atoms with Crippen LogP contribution in [0.4, 0.5) is 28.9 Å². The molecule has 2 aliphatic rings. The largest absolute Gasteiger partial charge is 0.484 e. The molecule has 13 aromatic rings. The summed E-state index contributed by atoms with van der Waals surface area (Å²) in [5, 5.41) is 15.9. The molecule has 4 N–H and O–H groups in total. The molecule has 520 valence electrons. The van der Waals surface area contributed by atoms with Crippen molar-refractivity contribution < 1.29 is 66.7 Å². The highest BCUT2D eigenvalue weighted by Crippen LogP contribution is 2.48. The van der Waals surface area contributed by atoms with Crippen LogP contribution in [-0.4, -0.2) is 116 Å². The second-order valence-electron chi connectivity index (χ2n) is 23.1. The fourth-order valence-corrected chi connectivity index (χ4v) is 13.0. The maximum absolute atomic E-state index is 14.7. The van der Waals surface area contributed by atoms with Crippen LogP contribution in [0.25, 0.3) is 123 Å². The van der Waals surface area contributed by atoms with Crippen molar-refractivity contribution in [2.75, 3.05) is 61.5 Å². The molecule has 0 saturated carbocycles. The molecule has 29 heteroatoms. The number of aromatic nitrogens is 6. The van der Waals surface area contributed by atoms with Gasteiger partial charge < -0.3 is 41.5 Å². The van der Waals surface area contributed by atoms with Crippen molar-refractivity contribution >= 4 is 87.5 Å². The number of benzene rings is 6. The van der Waals surface area contributed by atoms with Crippen molar-refractivity contribution in [1.82, 2.24) is 39.6 Å². The molecule has 0 aliphatic carbocycles. The van der Waals surface area contributed by atoms with Crippen LogP contribution in [0.3, 0.4) is 0 Å². The fraction of sp³-hybridized carbons (Fsp3) is 0.194. The van der Waals surface area contributed by atoms with E-state index in [1.807, 2.05) is 17.6 Å². The smallest absolute Gasteiger partial charge is 0.269 e. The van der Waals surface area contributed by atoms with Gasteiger partial charge in [0, 0.05) is 70.0 Å².